The van der Waals surface area contributed by atoms with Gasteiger partial charge >= 0.3 is 0 Å². The van der Waals surface area contributed by atoms with Gasteiger partial charge in [0, 0.05) is 15.1 Å². The van der Waals surface area contributed by atoms with E-state index in [4.69, 9.17) is 16.9 Å². The summed E-state index contributed by atoms with van der Waals surface area (Å²) < 4.78 is 2.57. The lowest BCUT2D eigenvalue weighted by molar-refractivity contribution is 0.887. The summed E-state index contributed by atoms with van der Waals surface area (Å²) in [5, 5.41) is 14.8. The molecule has 3 rings (SSSR count). The second-order valence-electron chi connectivity index (χ2n) is 3.37. The minimum absolute atomic E-state index is 0.604. The molecule has 0 spiro atoms. The number of hydrogen-bond acceptors (Lipinski definition) is 4. The van der Waals surface area contributed by atoms with Gasteiger partial charge in [0.15, 0.2) is 0 Å². The molecule has 0 fully saturated rings. The minimum Gasteiger partial charge on any atom is -0.223 e. The molecule has 1 aromatic carbocycles. The summed E-state index contributed by atoms with van der Waals surface area (Å²) in [6.45, 7) is 0. The van der Waals surface area contributed by atoms with Crippen LogP contribution in [0.4, 0.5) is 0 Å². The van der Waals surface area contributed by atoms with E-state index in [2.05, 4.69) is 16.2 Å². The van der Waals surface area contributed by atoms with Crippen LogP contribution in [0, 0.1) is 11.3 Å². The molecule has 0 amide bonds. The molecule has 6 heteroatoms. The third-order valence-corrected chi connectivity index (χ3v) is 3.66. The topological polar surface area (TPSA) is 54.5 Å². The van der Waals surface area contributed by atoms with Crippen LogP contribution >= 0.6 is 22.9 Å². The van der Waals surface area contributed by atoms with Crippen molar-refractivity contribution in [2.45, 2.75) is 0 Å². The normalized spacial score (nSPS) is 10.6. The minimum atomic E-state index is 0.604. The third-order valence-electron chi connectivity index (χ3n) is 2.38. The highest BCUT2D eigenvalue weighted by Gasteiger charge is 2.14. The van der Waals surface area contributed by atoms with Crippen LogP contribution in [0.25, 0.3) is 15.8 Å². The van der Waals surface area contributed by atoms with Gasteiger partial charge < -0.3 is 0 Å². The predicted molar refractivity (Wildman–Crippen MR) is 66.5 cm³/mol. The second kappa shape index (κ2) is 3.84. The maximum atomic E-state index is 9.15. The molecule has 0 bridgehead atoms. The summed E-state index contributed by atoms with van der Waals surface area (Å²) in [4.78, 5) is 4.50. The lowest BCUT2D eigenvalue weighted by Crippen LogP contribution is -1.94. The molecule has 2 heterocycles. The van der Waals surface area contributed by atoms with Gasteiger partial charge in [-0.05, 0) is 18.2 Å². The van der Waals surface area contributed by atoms with Gasteiger partial charge in [0.05, 0.1) is 0 Å². The molecule has 0 radical (unpaired) electrons. The van der Waals surface area contributed by atoms with Crippen LogP contribution in [0.15, 0.2) is 30.9 Å². The fourth-order valence-electron chi connectivity index (χ4n) is 1.68. The van der Waals surface area contributed by atoms with Gasteiger partial charge in [0.25, 0.3) is 0 Å². The van der Waals surface area contributed by atoms with E-state index in [1.54, 1.807) is 17.1 Å². The number of rotatable bonds is 1. The SMILES string of the molecule is N#Cc1sc2cc(Cl)ccc2c1-n1cncn1. The largest absolute Gasteiger partial charge is 0.223 e. The molecule has 0 atom stereocenters. The van der Waals surface area contributed by atoms with E-state index >= 15 is 0 Å². The average molecular weight is 261 g/mol. The van der Waals surface area contributed by atoms with E-state index in [0.29, 0.717) is 9.90 Å². The van der Waals surface area contributed by atoms with Crippen molar-refractivity contribution < 1.29 is 0 Å². The fraction of sp³-hybridized carbons (Fsp3) is 0. The molecule has 2 aromatic heterocycles. The standard InChI is InChI=1S/C11H5ClN4S/c12-7-1-2-8-9(3-7)17-10(4-13)11(8)16-6-14-5-15-16/h1-3,5-6H. The summed E-state index contributed by atoms with van der Waals surface area (Å²) in [5.74, 6) is 0. The molecule has 17 heavy (non-hydrogen) atoms. The lowest BCUT2D eigenvalue weighted by Gasteiger charge is -1.98. The van der Waals surface area contributed by atoms with E-state index in [-0.39, 0.29) is 0 Å². The zero-order valence-corrected chi connectivity index (χ0v) is 10.0. The molecule has 4 nitrogen and oxygen atoms in total. The zero-order chi connectivity index (χ0) is 11.8. The average Bonchev–Trinajstić information content (AvgIpc) is 2.93. The maximum Gasteiger partial charge on any atom is 0.138 e. The van der Waals surface area contributed by atoms with Crippen molar-refractivity contribution in [3.63, 3.8) is 0 Å². The van der Waals surface area contributed by atoms with Crippen molar-refractivity contribution in [1.82, 2.24) is 14.8 Å². The number of benzene rings is 1. The van der Waals surface area contributed by atoms with Gasteiger partial charge in [-0.3, -0.25) is 0 Å². The van der Waals surface area contributed by atoms with E-state index in [1.165, 1.54) is 17.7 Å². The van der Waals surface area contributed by atoms with Crippen LogP contribution in [0.1, 0.15) is 4.88 Å². The van der Waals surface area contributed by atoms with E-state index in [1.807, 2.05) is 12.1 Å². The Kier molecular flexibility index (Phi) is 2.32. The molecular weight excluding hydrogens is 256 g/mol. The predicted octanol–water partition coefficient (Wildman–Crippen LogP) is 3.01. The zero-order valence-electron chi connectivity index (χ0n) is 8.46. The quantitative estimate of drug-likeness (QED) is 0.676. The van der Waals surface area contributed by atoms with Crippen molar-refractivity contribution >= 4 is 33.0 Å². The molecule has 0 unspecified atom stereocenters. The fourth-order valence-corrected chi connectivity index (χ4v) is 2.95. The molecule has 0 saturated heterocycles. The second-order valence-corrected chi connectivity index (χ2v) is 4.86. The molecule has 0 aliphatic heterocycles. The van der Waals surface area contributed by atoms with Gasteiger partial charge in [-0.15, -0.1) is 11.3 Å². The van der Waals surface area contributed by atoms with Crippen LogP contribution in [-0.2, 0) is 0 Å². The van der Waals surface area contributed by atoms with E-state index in [0.717, 1.165) is 15.8 Å². The number of aromatic nitrogens is 3. The Labute approximate surface area is 106 Å². The van der Waals surface area contributed by atoms with E-state index in [9.17, 15) is 0 Å². The van der Waals surface area contributed by atoms with Gasteiger partial charge in [0.1, 0.15) is 29.3 Å². The first-order valence-corrected chi connectivity index (χ1v) is 5.96. The molecule has 3 aromatic rings. The molecule has 82 valence electrons. The Morgan fingerprint density at radius 2 is 2.29 bits per heavy atom. The van der Waals surface area contributed by atoms with Gasteiger partial charge in [-0.1, -0.05) is 11.6 Å². The highest BCUT2D eigenvalue weighted by Crippen LogP contribution is 2.34. The number of nitriles is 1. The van der Waals surface area contributed by atoms with Gasteiger partial charge in [-0.2, -0.15) is 10.4 Å². The third kappa shape index (κ3) is 1.58. The monoisotopic (exact) mass is 260 g/mol. The number of halogens is 1. The molecule has 0 N–H and O–H groups in total. The number of hydrogen-bond donors (Lipinski definition) is 0. The van der Waals surface area contributed by atoms with Gasteiger partial charge in [-0.25, -0.2) is 9.67 Å². The first kappa shape index (κ1) is 10.3. The Morgan fingerprint density at radius 1 is 1.41 bits per heavy atom. The Bertz CT molecular complexity index is 724. The van der Waals surface area contributed by atoms with Crippen molar-refractivity contribution in [2.75, 3.05) is 0 Å². The van der Waals surface area contributed by atoms with Crippen LogP contribution in [0.2, 0.25) is 5.02 Å². The van der Waals surface area contributed by atoms with Crippen molar-refractivity contribution in [3.8, 4) is 11.8 Å². The van der Waals surface area contributed by atoms with Crippen LogP contribution in [0.5, 0.6) is 0 Å². The molecule has 0 saturated carbocycles. The highest BCUT2D eigenvalue weighted by atomic mass is 35.5. The summed E-state index contributed by atoms with van der Waals surface area (Å²) in [6, 6.07) is 7.73. The van der Waals surface area contributed by atoms with Crippen molar-refractivity contribution in [3.05, 3.63) is 40.8 Å². The number of nitrogens with zero attached hydrogens (tertiary/aromatic N) is 4. The lowest BCUT2D eigenvalue weighted by atomic mass is 10.2. The number of fused-ring (bicyclic) bond motifs is 1. The molecule has 0 aliphatic carbocycles. The van der Waals surface area contributed by atoms with E-state index < -0.39 is 0 Å². The smallest absolute Gasteiger partial charge is 0.138 e. The van der Waals surface area contributed by atoms with Crippen molar-refractivity contribution in [2.24, 2.45) is 0 Å². The highest BCUT2D eigenvalue weighted by molar-refractivity contribution is 7.20. The molecule has 0 aliphatic rings. The van der Waals surface area contributed by atoms with Crippen LogP contribution in [0.3, 0.4) is 0 Å². The molecular formula is C11H5ClN4S. The van der Waals surface area contributed by atoms with Crippen LogP contribution in [-0.4, -0.2) is 14.8 Å². The van der Waals surface area contributed by atoms with Crippen molar-refractivity contribution in [1.29, 1.82) is 5.26 Å². The van der Waals surface area contributed by atoms with Crippen LogP contribution < -0.4 is 0 Å². The number of thiophene rings is 1. The Morgan fingerprint density at radius 3 is 3.00 bits per heavy atom. The Balaban J connectivity index is 2.40. The summed E-state index contributed by atoms with van der Waals surface area (Å²) >= 11 is 7.34. The summed E-state index contributed by atoms with van der Waals surface area (Å²) in [6.07, 6.45) is 3.03. The first-order valence-electron chi connectivity index (χ1n) is 4.77. The first-order chi connectivity index (χ1) is 8.29. The Hall–Kier alpha value is -1.90. The summed E-state index contributed by atoms with van der Waals surface area (Å²) in [7, 11) is 0. The maximum absolute atomic E-state index is 9.15. The summed E-state index contributed by atoms with van der Waals surface area (Å²) in [5.41, 5.74) is 0.765. The van der Waals surface area contributed by atoms with Gasteiger partial charge in [0.2, 0.25) is 0 Å².